The van der Waals surface area contributed by atoms with Gasteiger partial charge in [0.15, 0.2) is 0 Å². The zero-order valence-corrected chi connectivity index (χ0v) is 52.0. The highest BCUT2D eigenvalue weighted by Gasteiger charge is 2.30. The number of benzene rings is 1. The van der Waals surface area contributed by atoms with E-state index in [1.54, 1.807) is 7.05 Å². The fourth-order valence-electron chi connectivity index (χ4n) is 8.05. The molecule has 0 aliphatic rings. The number of nitrogens with one attached hydrogen (secondary N) is 14. The summed E-state index contributed by atoms with van der Waals surface area (Å²) in [6.45, 7) is 12.1. The number of hydrogen-bond acceptors (Lipinski definition) is 18. The zero-order chi connectivity index (χ0) is 67.5. The number of ether oxygens (including phenoxy) is 1. The SMILES string of the molecule is CNCCOCCNc1c(C(=O)NCCCCC(NC(C)=O)C(=O)NC(C)C(=O)NC(C)C(=O)O)cc(C(=O)NCCCCC(NC(C)=O)C(=O)NC(C)C(=O)NC(C)C(=O)O)cc1C(=O)NCCCCC(NC(C)=O)C(=O)NC(C)C(=O)NC(C)C(=O)O. The van der Waals surface area contributed by atoms with Crippen molar-refractivity contribution in [3.8, 4) is 0 Å². The fourth-order valence-corrected chi connectivity index (χ4v) is 8.05. The van der Waals surface area contributed by atoms with Gasteiger partial charge in [-0.2, -0.15) is 0 Å². The number of carbonyl (C=O) groups excluding carboxylic acids is 12. The molecule has 9 unspecified atom stereocenters. The summed E-state index contributed by atoms with van der Waals surface area (Å²) in [4.78, 5) is 190. The van der Waals surface area contributed by atoms with Crippen molar-refractivity contribution in [1.29, 1.82) is 0 Å². The number of carboxylic acids is 3. The molecule has 1 aromatic carbocycles. The second kappa shape index (κ2) is 41.2. The quantitative estimate of drug-likeness (QED) is 0.0287. The van der Waals surface area contributed by atoms with Gasteiger partial charge in [-0.3, -0.25) is 71.9 Å². The standard InChI is InChI=1S/C56H90N14O19/c1-29(45(74)65-32(4)54(83)84)62-51(80)41(68-35(7)71)17-11-14-20-59-48(77)38-27-39(49(78)60-21-15-12-18-42(69-36(8)72)52(81)63-30(2)46(75)66-33(5)55(85)86)44(58-24-26-89-25-23-57-10)40(28-38)50(79)61-22-16-13-19-43(70-37(9)73)53(82)64-31(3)47(76)67-34(6)56(87)88/h27-34,41-43,57-58H,11-26H2,1-10H3,(H,59,77)(H,60,78)(H,61,79)(H,62,80)(H,63,81)(H,64,82)(H,65,74)(H,66,75)(H,67,76)(H,68,71)(H,69,72)(H,70,73)(H,83,84)(H,85,86)(H,87,88). The largest absolute Gasteiger partial charge is 0.480 e. The van der Waals surface area contributed by atoms with Crippen LogP contribution in [0.4, 0.5) is 5.69 Å². The lowest BCUT2D eigenvalue weighted by Gasteiger charge is -2.21. The van der Waals surface area contributed by atoms with Gasteiger partial charge in [-0.05, 0) is 119 Å². The molecule has 17 N–H and O–H groups in total. The van der Waals surface area contributed by atoms with Crippen molar-refractivity contribution in [1.82, 2.24) is 69.1 Å². The first-order valence-corrected chi connectivity index (χ1v) is 29.1. The Bertz CT molecular complexity index is 2540. The van der Waals surface area contributed by atoms with Gasteiger partial charge in [-0.15, -0.1) is 0 Å². The highest BCUT2D eigenvalue weighted by atomic mass is 16.5. The van der Waals surface area contributed by atoms with E-state index in [1.165, 1.54) is 74.4 Å². The van der Waals surface area contributed by atoms with Crippen molar-refractivity contribution in [2.24, 2.45) is 0 Å². The molecule has 33 heteroatoms. The Morgan fingerprint density at radius 1 is 0.382 bits per heavy atom. The molecule has 0 bridgehead atoms. The van der Waals surface area contributed by atoms with Crippen molar-refractivity contribution in [2.45, 2.75) is 174 Å². The fraction of sp³-hybridized carbons (Fsp3) is 0.625. The number of anilines is 1. The van der Waals surface area contributed by atoms with Gasteiger partial charge in [0.2, 0.25) is 53.2 Å². The van der Waals surface area contributed by atoms with Gasteiger partial charge in [-0.1, -0.05) is 0 Å². The first-order valence-electron chi connectivity index (χ1n) is 29.1. The lowest BCUT2D eigenvalue weighted by atomic mass is 9.99. The highest BCUT2D eigenvalue weighted by molar-refractivity contribution is 6.11. The minimum absolute atomic E-state index is 0.00384. The Labute approximate surface area is 515 Å². The van der Waals surface area contributed by atoms with Crippen LogP contribution in [0.15, 0.2) is 12.1 Å². The summed E-state index contributed by atoms with van der Waals surface area (Å²) in [6.07, 6.45) is 1.44. The summed E-state index contributed by atoms with van der Waals surface area (Å²) in [5.74, 6) is -12.4. The van der Waals surface area contributed by atoms with Crippen LogP contribution in [0.5, 0.6) is 0 Å². The molecule has 1 aromatic rings. The van der Waals surface area contributed by atoms with E-state index in [2.05, 4.69) is 74.4 Å². The van der Waals surface area contributed by atoms with Crippen LogP contribution in [-0.4, -0.2) is 211 Å². The smallest absolute Gasteiger partial charge is 0.325 e. The van der Waals surface area contributed by atoms with Gasteiger partial charge >= 0.3 is 17.9 Å². The topological polar surface area (TPSA) is 494 Å². The van der Waals surface area contributed by atoms with E-state index in [4.69, 9.17) is 20.1 Å². The molecule has 0 saturated carbocycles. The van der Waals surface area contributed by atoms with Crippen LogP contribution in [0.25, 0.3) is 0 Å². The Balaban J connectivity index is 3.56. The third kappa shape index (κ3) is 31.0. The molecule has 0 heterocycles. The predicted molar refractivity (Wildman–Crippen MR) is 320 cm³/mol. The normalized spacial score (nSPS) is 13.8. The maximum atomic E-state index is 14.3. The third-order valence-electron chi connectivity index (χ3n) is 13.1. The zero-order valence-electron chi connectivity index (χ0n) is 52.0. The molecule has 0 radical (unpaired) electrons. The van der Waals surface area contributed by atoms with Crippen LogP contribution < -0.4 is 74.4 Å². The molecule has 9 atom stereocenters. The molecule has 33 nitrogen and oxygen atoms in total. The molecule has 0 saturated heterocycles. The molecule has 0 fully saturated rings. The lowest BCUT2D eigenvalue weighted by Crippen LogP contribution is -2.54. The number of carboxylic acid groups (broad SMARTS) is 3. The van der Waals surface area contributed by atoms with Crippen LogP contribution in [-0.2, 0) is 62.3 Å². The first kappa shape index (κ1) is 78.0. The molecule has 89 heavy (non-hydrogen) atoms. The van der Waals surface area contributed by atoms with E-state index in [-0.39, 0.29) is 113 Å². The van der Waals surface area contributed by atoms with Crippen molar-refractivity contribution in [3.05, 3.63) is 28.8 Å². The molecule has 0 aromatic heterocycles. The first-order chi connectivity index (χ1) is 41.8. The average molecular weight is 1260 g/mol. The molecular formula is C56H90N14O19. The van der Waals surface area contributed by atoms with E-state index in [0.29, 0.717) is 13.2 Å². The second-order valence-electron chi connectivity index (χ2n) is 21.0. The number of amides is 12. The van der Waals surface area contributed by atoms with Crippen LogP contribution in [0.1, 0.15) is 151 Å². The summed E-state index contributed by atoms with van der Waals surface area (Å²) < 4.78 is 5.67. The van der Waals surface area contributed by atoms with Crippen LogP contribution >= 0.6 is 0 Å². The Kier molecular flexibility index (Phi) is 36.1. The van der Waals surface area contributed by atoms with E-state index < -0.39 is 143 Å². The maximum Gasteiger partial charge on any atom is 0.325 e. The van der Waals surface area contributed by atoms with Crippen molar-refractivity contribution < 1.29 is 92.0 Å². The maximum absolute atomic E-state index is 14.3. The molecule has 12 amide bonds. The number of aliphatic carboxylic acids is 3. The molecule has 498 valence electrons. The molecule has 1 rings (SSSR count). The van der Waals surface area contributed by atoms with Crippen LogP contribution in [0, 0.1) is 0 Å². The number of unbranched alkanes of at least 4 members (excludes halogenated alkanes) is 3. The highest BCUT2D eigenvalue weighted by Crippen LogP contribution is 2.25. The van der Waals surface area contributed by atoms with Crippen LogP contribution in [0.3, 0.4) is 0 Å². The number of hydrogen-bond donors (Lipinski definition) is 17. The van der Waals surface area contributed by atoms with E-state index in [1.807, 2.05) is 0 Å². The molecular weight excluding hydrogens is 1170 g/mol. The van der Waals surface area contributed by atoms with Gasteiger partial charge in [0.25, 0.3) is 17.7 Å². The van der Waals surface area contributed by atoms with Gasteiger partial charge in [-0.25, -0.2) is 0 Å². The predicted octanol–water partition coefficient (Wildman–Crippen LogP) is -3.17. The molecule has 0 spiro atoms. The summed E-state index contributed by atoms with van der Waals surface area (Å²) >= 11 is 0. The van der Waals surface area contributed by atoms with Gasteiger partial charge < -0.3 is 94.5 Å². The summed E-state index contributed by atoms with van der Waals surface area (Å²) in [5.41, 5.74) is -0.472. The Morgan fingerprint density at radius 3 is 0.966 bits per heavy atom. The number of carbonyl (C=O) groups is 15. The number of rotatable bonds is 43. The van der Waals surface area contributed by atoms with Crippen molar-refractivity contribution in [3.63, 3.8) is 0 Å². The summed E-state index contributed by atoms with van der Waals surface area (Å²) in [7, 11) is 1.73. The summed E-state index contributed by atoms with van der Waals surface area (Å²) in [5, 5.41) is 63.4. The molecule has 0 aliphatic carbocycles. The Hall–Kier alpha value is -9.01. The average Bonchev–Trinajstić information content (AvgIpc) is 0.943. The monoisotopic (exact) mass is 1260 g/mol. The minimum atomic E-state index is -1.30. The minimum Gasteiger partial charge on any atom is -0.480 e. The lowest BCUT2D eigenvalue weighted by molar-refractivity contribution is -0.142. The van der Waals surface area contributed by atoms with Crippen molar-refractivity contribution >= 4 is 94.5 Å². The van der Waals surface area contributed by atoms with Gasteiger partial charge in [0.1, 0.15) is 54.4 Å². The van der Waals surface area contributed by atoms with Gasteiger partial charge in [0.05, 0.1) is 30.0 Å². The number of likely N-dealkylation sites (N-methyl/N-ethyl adjacent to an activating group) is 1. The second-order valence-corrected chi connectivity index (χ2v) is 21.0. The summed E-state index contributed by atoms with van der Waals surface area (Å²) in [6, 6.07) is -8.13. The molecule has 0 aliphatic heterocycles. The van der Waals surface area contributed by atoms with Crippen molar-refractivity contribution in [2.75, 3.05) is 58.3 Å². The Morgan fingerprint density at radius 2 is 0.674 bits per heavy atom. The van der Waals surface area contributed by atoms with E-state index >= 15 is 0 Å². The third-order valence-corrected chi connectivity index (χ3v) is 13.1. The van der Waals surface area contributed by atoms with Gasteiger partial charge in [0, 0.05) is 59.1 Å². The van der Waals surface area contributed by atoms with Crippen LogP contribution in [0.2, 0.25) is 0 Å². The van der Waals surface area contributed by atoms with E-state index in [0.717, 1.165) is 0 Å². The van der Waals surface area contributed by atoms with E-state index in [9.17, 15) is 71.9 Å².